The van der Waals surface area contributed by atoms with Crippen molar-refractivity contribution in [2.24, 2.45) is 4.99 Å². The molecule has 1 fully saturated rings. The predicted molar refractivity (Wildman–Crippen MR) is 126 cm³/mol. The van der Waals surface area contributed by atoms with E-state index in [1.54, 1.807) is 31.2 Å². The molecule has 0 aliphatic carbocycles. The number of aromatic nitrogens is 3. The molecule has 2 N–H and O–H groups in total. The molecule has 4 rings (SSSR count). The van der Waals surface area contributed by atoms with Gasteiger partial charge in [0.2, 0.25) is 0 Å². The van der Waals surface area contributed by atoms with E-state index in [9.17, 15) is 0 Å². The molecule has 1 atom stereocenters. The highest BCUT2D eigenvalue weighted by Crippen LogP contribution is 2.27. The summed E-state index contributed by atoms with van der Waals surface area (Å²) < 4.78 is 7.21. The summed E-state index contributed by atoms with van der Waals surface area (Å²) in [7, 11) is 3.51. The molecule has 1 saturated heterocycles. The second-order valence-electron chi connectivity index (χ2n) is 7.82. The zero-order chi connectivity index (χ0) is 22.2. The number of rotatable bonds is 8. The SMILES string of the molecule is CN=C(NCc1ccnc(-n2cccn2)c1)NCC(c1cccc(OC)c1)N1CCCC1. The van der Waals surface area contributed by atoms with Crippen LogP contribution in [0, 0.1) is 0 Å². The van der Waals surface area contributed by atoms with Gasteiger partial charge in [-0.3, -0.25) is 9.89 Å². The minimum atomic E-state index is 0.262. The first-order valence-electron chi connectivity index (χ1n) is 11.0. The van der Waals surface area contributed by atoms with Crippen LogP contribution in [0.3, 0.4) is 0 Å². The highest BCUT2D eigenvalue weighted by atomic mass is 16.5. The first-order chi connectivity index (χ1) is 15.8. The van der Waals surface area contributed by atoms with E-state index in [4.69, 9.17) is 4.74 Å². The highest BCUT2D eigenvalue weighted by Gasteiger charge is 2.24. The van der Waals surface area contributed by atoms with Crippen molar-refractivity contribution in [3.05, 3.63) is 72.2 Å². The number of likely N-dealkylation sites (tertiary alicyclic amines) is 1. The summed E-state index contributed by atoms with van der Waals surface area (Å²) in [6.45, 7) is 3.64. The van der Waals surface area contributed by atoms with Crippen molar-refractivity contribution in [1.29, 1.82) is 0 Å². The first kappa shape index (κ1) is 21.8. The van der Waals surface area contributed by atoms with E-state index in [1.165, 1.54) is 18.4 Å². The van der Waals surface area contributed by atoms with E-state index in [2.05, 4.69) is 48.8 Å². The molecule has 0 saturated carbocycles. The number of methoxy groups -OCH3 is 1. The Morgan fingerprint density at radius 1 is 1.12 bits per heavy atom. The van der Waals surface area contributed by atoms with Crippen LogP contribution in [0.1, 0.15) is 30.0 Å². The molecular weight excluding hydrogens is 402 g/mol. The number of guanidine groups is 1. The molecule has 8 nitrogen and oxygen atoms in total. The summed E-state index contributed by atoms with van der Waals surface area (Å²) in [6, 6.07) is 14.5. The second-order valence-corrected chi connectivity index (χ2v) is 7.82. The lowest BCUT2D eigenvalue weighted by Crippen LogP contribution is -2.42. The van der Waals surface area contributed by atoms with E-state index in [1.807, 2.05) is 30.5 Å². The van der Waals surface area contributed by atoms with Crippen LogP contribution in [0.15, 0.2) is 66.0 Å². The standard InChI is InChI=1S/C24H31N7O/c1-25-24(27-17-19-9-11-26-23(15-19)31-14-6-10-29-31)28-18-22(30-12-3-4-13-30)20-7-5-8-21(16-20)32-2/h5-11,14-16,22H,3-4,12-13,17-18H2,1-2H3,(H2,25,27,28). The van der Waals surface area contributed by atoms with E-state index in [-0.39, 0.29) is 6.04 Å². The van der Waals surface area contributed by atoms with Gasteiger partial charge in [0.05, 0.1) is 13.2 Å². The molecule has 1 aliphatic heterocycles. The van der Waals surface area contributed by atoms with Crippen molar-refractivity contribution < 1.29 is 4.74 Å². The summed E-state index contributed by atoms with van der Waals surface area (Å²) in [5.74, 6) is 2.46. The molecule has 1 aromatic carbocycles. The van der Waals surface area contributed by atoms with Gasteiger partial charge in [-0.25, -0.2) is 9.67 Å². The van der Waals surface area contributed by atoms with Gasteiger partial charge >= 0.3 is 0 Å². The largest absolute Gasteiger partial charge is 0.497 e. The van der Waals surface area contributed by atoms with E-state index in [0.717, 1.165) is 42.7 Å². The fourth-order valence-corrected chi connectivity index (χ4v) is 4.06. The van der Waals surface area contributed by atoms with Gasteiger partial charge < -0.3 is 15.4 Å². The molecule has 8 heteroatoms. The second kappa shape index (κ2) is 10.8. The zero-order valence-corrected chi connectivity index (χ0v) is 18.7. The summed E-state index contributed by atoms with van der Waals surface area (Å²) >= 11 is 0. The van der Waals surface area contributed by atoms with Gasteiger partial charge in [0, 0.05) is 38.7 Å². The average Bonchev–Trinajstić information content (AvgIpc) is 3.56. The molecule has 0 bridgehead atoms. The lowest BCUT2D eigenvalue weighted by molar-refractivity contribution is 0.245. The lowest BCUT2D eigenvalue weighted by atomic mass is 10.1. The molecule has 0 amide bonds. The molecule has 2 aromatic heterocycles. The summed E-state index contributed by atoms with van der Waals surface area (Å²) in [4.78, 5) is 11.3. The fourth-order valence-electron chi connectivity index (χ4n) is 4.06. The molecule has 32 heavy (non-hydrogen) atoms. The minimum Gasteiger partial charge on any atom is -0.497 e. The minimum absolute atomic E-state index is 0.262. The molecule has 3 aromatic rings. The number of ether oxygens (including phenoxy) is 1. The maximum Gasteiger partial charge on any atom is 0.191 e. The van der Waals surface area contributed by atoms with Gasteiger partial charge in [0.15, 0.2) is 11.8 Å². The Morgan fingerprint density at radius 2 is 2.00 bits per heavy atom. The van der Waals surface area contributed by atoms with Gasteiger partial charge in [0.1, 0.15) is 5.75 Å². The maximum atomic E-state index is 5.45. The van der Waals surface area contributed by atoms with Crippen LogP contribution in [0.25, 0.3) is 5.82 Å². The van der Waals surface area contributed by atoms with Crippen LogP contribution in [-0.2, 0) is 6.54 Å². The number of nitrogens with zero attached hydrogens (tertiary/aromatic N) is 5. The zero-order valence-electron chi connectivity index (χ0n) is 18.7. The Hall–Kier alpha value is -3.39. The van der Waals surface area contributed by atoms with E-state index < -0.39 is 0 Å². The third-order valence-electron chi connectivity index (χ3n) is 5.76. The summed E-state index contributed by atoms with van der Waals surface area (Å²) in [5.41, 5.74) is 2.37. The first-order valence-corrected chi connectivity index (χ1v) is 11.0. The fraction of sp³-hybridized carbons (Fsp3) is 0.375. The van der Waals surface area contributed by atoms with Crippen molar-refractivity contribution in [2.45, 2.75) is 25.4 Å². The monoisotopic (exact) mass is 433 g/mol. The van der Waals surface area contributed by atoms with Crippen LogP contribution in [0.5, 0.6) is 5.75 Å². The third-order valence-corrected chi connectivity index (χ3v) is 5.76. The van der Waals surface area contributed by atoms with Crippen molar-refractivity contribution in [3.8, 4) is 11.6 Å². The van der Waals surface area contributed by atoms with Crippen molar-refractivity contribution in [3.63, 3.8) is 0 Å². The Kier molecular flexibility index (Phi) is 7.34. The van der Waals surface area contributed by atoms with Crippen molar-refractivity contribution >= 4 is 5.96 Å². The van der Waals surface area contributed by atoms with Crippen molar-refractivity contribution in [2.75, 3.05) is 33.8 Å². The predicted octanol–water partition coefficient (Wildman–Crippen LogP) is 2.78. The van der Waals surface area contributed by atoms with Gasteiger partial charge in [-0.2, -0.15) is 5.10 Å². The van der Waals surface area contributed by atoms with Gasteiger partial charge in [-0.05, 0) is 67.4 Å². The highest BCUT2D eigenvalue weighted by molar-refractivity contribution is 5.79. The molecule has 3 heterocycles. The average molecular weight is 434 g/mol. The van der Waals surface area contributed by atoms with Crippen LogP contribution in [-0.4, -0.2) is 59.4 Å². The molecule has 0 radical (unpaired) electrons. The van der Waals surface area contributed by atoms with E-state index >= 15 is 0 Å². The molecular formula is C24H31N7O. The van der Waals surface area contributed by atoms with Crippen LogP contribution in [0.2, 0.25) is 0 Å². The Morgan fingerprint density at radius 3 is 2.75 bits per heavy atom. The Labute approximate surface area is 189 Å². The summed E-state index contributed by atoms with van der Waals surface area (Å²) in [5, 5.41) is 11.2. The lowest BCUT2D eigenvalue weighted by Gasteiger charge is -2.29. The number of hydrogen-bond donors (Lipinski definition) is 2. The number of nitrogens with one attached hydrogen (secondary N) is 2. The molecule has 1 unspecified atom stereocenters. The van der Waals surface area contributed by atoms with Crippen LogP contribution >= 0.6 is 0 Å². The Balaban J connectivity index is 1.39. The molecule has 168 valence electrons. The van der Waals surface area contributed by atoms with Crippen LogP contribution in [0.4, 0.5) is 0 Å². The number of aliphatic imine (C=N–C) groups is 1. The summed E-state index contributed by atoms with van der Waals surface area (Å²) in [6.07, 6.45) is 7.92. The Bertz CT molecular complexity index is 1010. The topological polar surface area (TPSA) is 79.6 Å². The third kappa shape index (κ3) is 5.45. The number of benzene rings is 1. The van der Waals surface area contributed by atoms with Gasteiger partial charge in [0.25, 0.3) is 0 Å². The molecule has 0 spiro atoms. The van der Waals surface area contributed by atoms with Gasteiger partial charge in [-0.1, -0.05) is 12.1 Å². The number of pyridine rings is 1. The quantitative estimate of drug-likeness (QED) is 0.420. The normalized spacial score (nSPS) is 15.5. The van der Waals surface area contributed by atoms with E-state index in [0.29, 0.717) is 6.54 Å². The van der Waals surface area contributed by atoms with Crippen molar-refractivity contribution in [1.82, 2.24) is 30.3 Å². The molecule has 1 aliphatic rings. The van der Waals surface area contributed by atoms with Crippen LogP contribution < -0.4 is 15.4 Å². The smallest absolute Gasteiger partial charge is 0.191 e. The van der Waals surface area contributed by atoms with Gasteiger partial charge in [-0.15, -0.1) is 0 Å². The number of hydrogen-bond acceptors (Lipinski definition) is 5. The maximum absolute atomic E-state index is 5.45.